The number of fused-ring (bicyclic) bond motifs is 1. The van der Waals surface area contributed by atoms with Crippen molar-refractivity contribution in [2.45, 2.75) is 56.3 Å². The van der Waals surface area contributed by atoms with Crippen LogP contribution in [0, 0.1) is 0 Å². The molecule has 4 aromatic rings. The van der Waals surface area contributed by atoms with Gasteiger partial charge in [-0.3, -0.25) is 19.2 Å². The summed E-state index contributed by atoms with van der Waals surface area (Å²) in [7, 11) is 0. The number of phenols is 1. The number of phenolic OH excluding ortho intramolecular Hbond substituents is 1. The highest BCUT2D eigenvalue weighted by molar-refractivity contribution is 5.95. The zero-order valence-corrected chi connectivity index (χ0v) is 24.6. The van der Waals surface area contributed by atoms with Gasteiger partial charge in [0.15, 0.2) is 0 Å². The Morgan fingerprint density at radius 1 is 0.804 bits per heavy atom. The lowest BCUT2D eigenvalue weighted by molar-refractivity contribution is -0.142. The molecule has 0 saturated heterocycles. The first-order valence-corrected chi connectivity index (χ1v) is 14.4. The lowest BCUT2D eigenvalue weighted by Gasteiger charge is -2.25. The van der Waals surface area contributed by atoms with E-state index < -0.39 is 53.8 Å². The Morgan fingerprint density at radius 2 is 1.46 bits per heavy atom. The molecule has 4 unspecified atom stereocenters. The molecule has 10 N–H and O–H groups in total. The Morgan fingerprint density at radius 3 is 2.11 bits per heavy atom. The van der Waals surface area contributed by atoms with E-state index in [1.807, 2.05) is 24.3 Å². The molecule has 2 aromatic heterocycles. The molecule has 46 heavy (non-hydrogen) atoms. The Labute approximate surface area is 262 Å². The summed E-state index contributed by atoms with van der Waals surface area (Å²) in [6.07, 6.45) is 3.82. The second kappa shape index (κ2) is 15.3. The van der Waals surface area contributed by atoms with Gasteiger partial charge in [0.05, 0.1) is 12.4 Å². The number of aromatic nitrogens is 3. The number of carbonyl (C=O) groups excluding carboxylic acids is 3. The maximum absolute atomic E-state index is 13.8. The molecular weight excluding hydrogens is 598 g/mol. The molecule has 0 aliphatic heterocycles. The number of nitrogens with zero attached hydrogens (tertiary/aromatic N) is 1. The lowest BCUT2D eigenvalue weighted by Crippen LogP contribution is -2.58. The minimum absolute atomic E-state index is 0.000817. The fourth-order valence-electron chi connectivity index (χ4n) is 4.86. The number of hydrogen-bond donors (Lipinski definition) is 9. The average Bonchev–Trinajstić information content (AvgIpc) is 3.69. The fourth-order valence-corrected chi connectivity index (χ4v) is 4.86. The summed E-state index contributed by atoms with van der Waals surface area (Å²) in [6, 6.07) is 8.06. The zero-order chi connectivity index (χ0) is 33.2. The molecule has 15 heteroatoms. The van der Waals surface area contributed by atoms with Gasteiger partial charge in [-0.1, -0.05) is 30.3 Å². The third-order valence-corrected chi connectivity index (χ3v) is 7.34. The van der Waals surface area contributed by atoms with Gasteiger partial charge < -0.3 is 47.0 Å². The number of benzene rings is 2. The van der Waals surface area contributed by atoms with Crippen LogP contribution in [-0.4, -0.2) is 84.1 Å². The number of aromatic amines is 2. The summed E-state index contributed by atoms with van der Waals surface area (Å²) >= 11 is 0. The number of imidazole rings is 1. The second-order valence-corrected chi connectivity index (χ2v) is 10.8. The molecule has 0 spiro atoms. The quantitative estimate of drug-likeness (QED) is 0.0818. The molecule has 242 valence electrons. The van der Waals surface area contributed by atoms with Gasteiger partial charge in [0.1, 0.15) is 23.9 Å². The van der Waals surface area contributed by atoms with E-state index in [2.05, 4.69) is 30.9 Å². The summed E-state index contributed by atoms with van der Waals surface area (Å²) < 4.78 is 0. The van der Waals surface area contributed by atoms with E-state index in [4.69, 9.17) is 10.8 Å². The van der Waals surface area contributed by atoms with Crippen molar-refractivity contribution in [2.24, 2.45) is 5.73 Å². The molecule has 0 saturated carbocycles. The van der Waals surface area contributed by atoms with E-state index in [9.17, 15) is 34.2 Å². The fraction of sp³-hybridized carbons (Fsp3) is 0.290. The lowest BCUT2D eigenvalue weighted by atomic mass is 10.0. The minimum Gasteiger partial charge on any atom is -0.508 e. The van der Waals surface area contributed by atoms with Crippen molar-refractivity contribution in [3.63, 3.8) is 0 Å². The van der Waals surface area contributed by atoms with Gasteiger partial charge in [0.25, 0.3) is 0 Å². The van der Waals surface area contributed by atoms with Crippen LogP contribution < -0.4 is 21.7 Å². The van der Waals surface area contributed by atoms with Gasteiger partial charge in [-0.25, -0.2) is 9.78 Å². The molecule has 0 fully saturated rings. The van der Waals surface area contributed by atoms with Crippen LogP contribution in [0.4, 0.5) is 0 Å². The summed E-state index contributed by atoms with van der Waals surface area (Å²) in [5.74, 6) is -4.75. The van der Waals surface area contributed by atoms with E-state index in [0.717, 1.165) is 10.9 Å². The van der Waals surface area contributed by atoms with Crippen LogP contribution in [0.3, 0.4) is 0 Å². The number of H-pyrrole nitrogens is 2. The van der Waals surface area contributed by atoms with E-state index in [1.165, 1.54) is 36.8 Å². The molecule has 4 atom stereocenters. The van der Waals surface area contributed by atoms with Crippen molar-refractivity contribution in [1.82, 2.24) is 30.9 Å². The predicted molar refractivity (Wildman–Crippen MR) is 164 cm³/mol. The number of rotatable bonds is 16. The maximum Gasteiger partial charge on any atom is 0.326 e. The van der Waals surface area contributed by atoms with Crippen LogP contribution in [0.1, 0.15) is 29.7 Å². The predicted octanol–water partition coefficient (Wildman–Crippen LogP) is 0.356. The number of hydrogen-bond acceptors (Lipinski definition) is 8. The molecule has 15 nitrogen and oxygen atoms in total. The monoisotopic (exact) mass is 633 g/mol. The highest BCUT2D eigenvalue weighted by atomic mass is 16.4. The number of carboxylic acids is 2. The molecule has 3 amide bonds. The highest BCUT2D eigenvalue weighted by Gasteiger charge is 2.31. The maximum atomic E-state index is 13.8. The minimum atomic E-state index is -1.37. The molecule has 0 radical (unpaired) electrons. The van der Waals surface area contributed by atoms with Gasteiger partial charge >= 0.3 is 11.9 Å². The number of para-hydroxylation sites is 1. The van der Waals surface area contributed by atoms with Gasteiger partial charge in [0.2, 0.25) is 17.7 Å². The SMILES string of the molecule is NC(CCC(=O)O)C(=O)NC(Cc1c[nH]c2ccccc12)C(=O)NC(Cc1cnc[nH]1)C(=O)NC(Cc1ccc(O)cc1)C(=O)O. The van der Waals surface area contributed by atoms with Crippen LogP contribution >= 0.6 is 0 Å². The first-order chi connectivity index (χ1) is 22.0. The van der Waals surface area contributed by atoms with Crippen molar-refractivity contribution in [2.75, 3.05) is 0 Å². The number of amides is 3. The first kappa shape index (κ1) is 33.2. The zero-order valence-electron chi connectivity index (χ0n) is 24.6. The standard InChI is InChI=1S/C31H35N7O8/c32-22(9-10-27(40)41)28(42)36-24(12-18-14-34-23-4-2-1-3-21(18)23)29(43)37-25(13-19-15-33-16-35-19)30(44)38-26(31(45)46)11-17-5-7-20(39)8-6-17/h1-8,14-16,22,24-26,34,39H,9-13,32H2,(H,33,35)(H,36,42)(H,37,43)(H,38,44)(H,40,41)(H,45,46). The van der Waals surface area contributed by atoms with E-state index in [0.29, 0.717) is 16.8 Å². The van der Waals surface area contributed by atoms with Crippen LogP contribution in [-0.2, 0) is 43.2 Å². The third-order valence-electron chi connectivity index (χ3n) is 7.34. The molecule has 2 aromatic carbocycles. The van der Waals surface area contributed by atoms with Gasteiger partial charge in [-0.15, -0.1) is 0 Å². The van der Waals surface area contributed by atoms with E-state index >= 15 is 0 Å². The number of carbonyl (C=O) groups is 5. The van der Waals surface area contributed by atoms with Gasteiger partial charge in [0, 0.05) is 54.7 Å². The Bertz CT molecular complexity index is 1670. The average molecular weight is 634 g/mol. The van der Waals surface area contributed by atoms with Crippen molar-refractivity contribution in [3.05, 3.63) is 84.1 Å². The molecule has 4 rings (SSSR count). The number of carboxylic acid groups (broad SMARTS) is 2. The Kier molecular flexibility index (Phi) is 11.1. The highest BCUT2D eigenvalue weighted by Crippen LogP contribution is 2.19. The second-order valence-electron chi connectivity index (χ2n) is 10.8. The molecular formula is C31H35N7O8. The van der Waals surface area contributed by atoms with Crippen molar-refractivity contribution in [1.29, 1.82) is 0 Å². The number of nitrogens with one attached hydrogen (secondary N) is 5. The summed E-state index contributed by atoms with van der Waals surface area (Å²) in [5, 5.41) is 36.9. The smallest absolute Gasteiger partial charge is 0.326 e. The van der Waals surface area contributed by atoms with Crippen LogP contribution in [0.2, 0.25) is 0 Å². The summed E-state index contributed by atoms with van der Waals surface area (Å²) in [6.45, 7) is 0. The number of nitrogens with two attached hydrogens (primary N) is 1. The first-order valence-electron chi connectivity index (χ1n) is 14.4. The molecule has 0 aliphatic rings. The van der Waals surface area contributed by atoms with Gasteiger partial charge in [-0.05, 0) is 35.7 Å². The molecule has 0 aliphatic carbocycles. The van der Waals surface area contributed by atoms with Crippen LogP contribution in [0.25, 0.3) is 10.9 Å². The number of aliphatic carboxylic acids is 2. The summed E-state index contributed by atoms with van der Waals surface area (Å²) in [5.41, 5.74) is 8.41. The molecule has 0 bridgehead atoms. The van der Waals surface area contributed by atoms with Crippen LogP contribution in [0.15, 0.2) is 67.3 Å². The van der Waals surface area contributed by atoms with Crippen molar-refractivity contribution < 1.29 is 39.3 Å². The van der Waals surface area contributed by atoms with E-state index in [-0.39, 0.29) is 37.9 Å². The van der Waals surface area contributed by atoms with Crippen molar-refractivity contribution >= 4 is 40.6 Å². The molecule has 2 heterocycles. The topological polar surface area (TPSA) is 253 Å². The largest absolute Gasteiger partial charge is 0.508 e. The Balaban J connectivity index is 1.56. The third kappa shape index (κ3) is 9.15. The van der Waals surface area contributed by atoms with Crippen LogP contribution in [0.5, 0.6) is 5.75 Å². The Hall–Kier alpha value is -5.70. The van der Waals surface area contributed by atoms with E-state index in [1.54, 1.807) is 6.20 Å². The summed E-state index contributed by atoms with van der Waals surface area (Å²) in [4.78, 5) is 73.3. The number of aromatic hydroxyl groups is 1. The van der Waals surface area contributed by atoms with Gasteiger partial charge in [-0.2, -0.15) is 0 Å². The normalized spacial score (nSPS) is 13.7. The van der Waals surface area contributed by atoms with Crippen molar-refractivity contribution in [3.8, 4) is 5.75 Å².